The van der Waals surface area contributed by atoms with Crippen molar-refractivity contribution in [2.75, 3.05) is 13.1 Å². The second-order valence-corrected chi connectivity index (χ2v) is 4.11. The highest BCUT2D eigenvalue weighted by atomic mass is 35.5. The highest BCUT2D eigenvalue weighted by Gasteiger charge is 2.20. The number of nitrogens with zero attached hydrogens (tertiary/aromatic N) is 1. The molecule has 0 aliphatic rings. The molecule has 0 aromatic heterocycles. The van der Waals surface area contributed by atoms with Gasteiger partial charge in [-0.1, -0.05) is 23.7 Å². The molecule has 0 saturated heterocycles. The standard InChI is InChI=1S/C13H18ClNO2/c1-4-15(5-2)13(16)10(3)17-12-9-7-6-8-11(12)14/h6-10H,4-5H2,1-3H3/t10-/m0/s1. The van der Waals surface area contributed by atoms with Gasteiger partial charge in [-0.05, 0) is 32.9 Å². The Bertz CT molecular complexity index is 377. The van der Waals surface area contributed by atoms with Gasteiger partial charge in [0.1, 0.15) is 5.75 Å². The number of ether oxygens (including phenoxy) is 1. The maximum atomic E-state index is 12.0. The first-order chi connectivity index (χ1) is 8.10. The summed E-state index contributed by atoms with van der Waals surface area (Å²) in [5, 5.41) is 0.520. The Morgan fingerprint density at radius 2 is 1.94 bits per heavy atom. The fourth-order valence-electron chi connectivity index (χ4n) is 1.57. The van der Waals surface area contributed by atoms with Gasteiger partial charge in [0.05, 0.1) is 5.02 Å². The van der Waals surface area contributed by atoms with Crippen molar-refractivity contribution in [1.29, 1.82) is 0 Å². The average molecular weight is 256 g/mol. The molecule has 0 radical (unpaired) electrons. The first-order valence-corrected chi connectivity index (χ1v) is 6.17. The number of halogens is 1. The van der Waals surface area contributed by atoms with E-state index in [1.807, 2.05) is 26.0 Å². The molecule has 0 saturated carbocycles. The Labute approximate surface area is 107 Å². The fourth-order valence-corrected chi connectivity index (χ4v) is 1.75. The summed E-state index contributed by atoms with van der Waals surface area (Å²) in [4.78, 5) is 13.7. The van der Waals surface area contributed by atoms with Gasteiger partial charge in [0.2, 0.25) is 0 Å². The molecule has 94 valence electrons. The summed E-state index contributed by atoms with van der Waals surface area (Å²) in [6, 6.07) is 7.15. The number of likely N-dealkylation sites (N-methyl/N-ethyl adjacent to an activating group) is 1. The van der Waals surface area contributed by atoms with Gasteiger partial charge < -0.3 is 9.64 Å². The molecule has 0 spiro atoms. The van der Waals surface area contributed by atoms with E-state index in [0.29, 0.717) is 23.9 Å². The van der Waals surface area contributed by atoms with Gasteiger partial charge in [0, 0.05) is 13.1 Å². The van der Waals surface area contributed by atoms with Crippen LogP contribution < -0.4 is 4.74 Å². The number of hydrogen-bond acceptors (Lipinski definition) is 2. The summed E-state index contributed by atoms with van der Waals surface area (Å²) in [6.45, 7) is 7.01. The molecule has 4 heteroatoms. The molecule has 0 aliphatic carbocycles. The lowest BCUT2D eigenvalue weighted by atomic mass is 10.3. The van der Waals surface area contributed by atoms with Gasteiger partial charge in [-0.2, -0.15) is 0 Å². The van der Waals surface area contributed by atoms with Crippen LogP contribution in [-0.2, 0) is 4.79 Å². The lowest BCUT2D eigenvalue weighted by molar-refractivity contribution is -0.137. The number of hydrogen-bond donors (Lipinski definition) is 0. The number of carbonyl (C=O) groups excluding carboxylic acids is 1. The molecule has 1 aromatic carbocycles. The Balaban J connectivity index is 2.69. The van der Waals surface area contributed by atoms with Crippen LogP contribution in [0.5, 0.6) is 5.75 Å². The largest absolute Gasteiger partial charge is 0.479 e. The first kappa shape index (κ1) is 13.8. The molecule has 0 bridgehead atoms. The van der Waals surface area contributed by atoms with Crippen molar-refractivity contribution in [2.45, 2.75) is 26.9 Å². The van der Waals surface area contributed by atoms with Crippen LogP contribution in [0.3, 0.4) is 0 Å². The summed E-state index contributed by atoms with van der Waals surface area (Å²) in [6.07, 6.45) is -0.519. The van der Waals surface area contributed by atoms with E-state index in [1.54, 1.807) is 24.0 Å². The lowest BCUT2D eigenvalue weighted by Gasteiger charge is -2.23. The van der Waals surface area contributed by atoms with Gasteiger partial charge in [0.25, 0.3) is 5.91 Å². The number of para-hydroxylation sites is 1. The minimum atomic E-state index is -0.519. The maximum Gasteiger partial charge on any atom is 0.263 e. The Kier molecular flexibility index (Phi) is 5.29. The summed E-state index contributed by atoms with van der Waals surface area (Å²) >= 11 is 5.97. The van der Waals surface area contributed by atoms with Gasteiger partial charge in [0.15, 0.2) is 6.10 Å². The van der Waals surface area contributed by atoms with E-state index >= 15 is 0 Å². The van der Waals surface area contributed by atoms with Crippen LogP contribution >= 0.6 is 11.6 Å². The van der Waals surface area contributed by atoms with Crippen molar-refractivity contribution in [2.24, 2.45) is 0 Å². The molecule has 17 heavy (non-hydrogen) atoms. The Morgan fingerprint density at radius 3 is 2.47 bits per heavy atom. The molecule has 0 unspecified atom stereocenters. The molecule has 0 fully saturated rings. The molecule has 0 N–H and O–H groups in total. The van der Waals surface area contributed by atoms with E-state index in [1.165, 1.54) is 0 Å². The molecule has 0 aliphatic heterocycles. The van der Waals surface area contributed by atoms with E-state index in [9.17, 15) is 4.79 Å². The summed E-state index contributed by atoms with van der Waals surface area (Å²) in [5.74, 6) is 0.525. The Morgan fingerprint density at radius 1 is 1.35 bits per heavy atom. The normalized spacial score (nSPS) is 12.0. The van der Waals surface area contributed by atoms with E-state index < -0.39 is 6.10 Å². The predicted molar refractivity (Wildman–Crippen MR) is 69.5 cm³/mol. The molecule has 1 rings (SSSR count). The summed E-state index contributed by atoms with van der Waals surface area (Å²) in [7, 11) is 0. The minimum Gasteiger partial charge on any atom is -0.479 e. The molecule has 0 heterocycles. The smallest absolute Gasteiger partial charge is 0.263 e. The summed E-state index contributed by atoms with van der Waals surface area (Å²) in [5.41, 5.74) is 0. The van der Waals surface area contributed by atoms with Gasteiger partial charge in [-0.15, -0.1) is 0 Å². The van der Waals surface area contributed by atoms with Crippen molar-refractivity contribution >= 4 is 17.5 Å². The van der Waals surface area contributed by atoms with Crippen molar-refractivity contribution in [1.82, 2.24) is 4.90 Å². The van der Waals surface area contributed by atoms with Crippen molar-refractivity contribution in [3.63, 3.8) is 0 Å². The van der Waals surface area contributed by atoms with Crippen molar-refractivity contribution in [3.8, 4) is 5.75 Å². The van der Waals surface area contributed by atoms with Gasteiger partial charge in [-0.25, -0.2) is 0 Å². The average Bonchev–Trinajstić information content (AvgIpc) is 2.33. The van der Waals surface area contributed by atoms with E-state index in [4.69, 9.17) is 16.3 Å². The fraction of sp³-hybridized carbons (Fsp3) is 0.462. The van der Waals surface area contributed by atoms with Crippen LogP contribution in [-0.4, -0.2) is 30.0 Å². The Hall–Kier alpha value is -1.22. The van der Waals surface area contributed by atoms with Crippen LogP contribution in [0, 0.1) is 0 Å². The lowest BCUT2D eigenvalue weighted by Crippen LogP contribution is -2.40. The summed E-state index contributed by atoms with van der Waals surface area (Å²) < 4.78 is 5.57. The molecular formula is C13H18ClNO2. The SMILES string of the molecule is CCN(CC)C(=O)[C@H](C)Oc1ccccc1Cl. The van der Waals surface area contributed by atoms with E-state index in [-0.39, 0.29) is 5.91 Å². The number of amides is 1. The predicted octanol–water partition coefficient (Wildman–Crippen LogP) is 2.98. The maximum absolute atomic E-state index is 12.0. The topological polar surface area (TPSA) is 29.5 Å². The third kappa shape index (κ3) is 3.63. The molecule has 1 aromatic rings. The number of benzene rings is 1. The second kappa shape index (κ2) is 6.50. The zero-order chi connectivity index (χ0) is 12.8. The first-order valence-electron chi connectivity index (χ1n) is 5.80. The van der Waals surface area contributed by atoms with Gasteiger partial charge >= 0.3 is 0 Å². The molecular weight excluding hydrogens is 238 g/mol. The van der Waals surface area contributed by atoms with Crippen LogP contribution in [0.15, 0.2) is 24.3 Å². The third-order valence-electron chi connectivity index (χ3n) is 2.56. The zero-order valence-electron chi connectivity index (χ0n) is 10.4. The van der Waals surface area contributed by atoms with Crippen LogP contribution in [0.1, 0.15) is 20.8 Å². The number of carbonyl (C=O) groups is 1. The van der Waals surface area contributed by atoms with E-state index in [2.05, 4.69) is 0 Å². The van der Waals surface area contributed by atoms with Crippen LogP contribution in [0.2, 0.25) is 5.02 Å². The van der Waals surface area contributed by atoms with Crippen molar-refractivity contribution < 1.29 is 9.53 Å². The highest BCUT2D eigenvalue weighted by molar-refractivity contribution is 6.32. The minimum absolute atomic E-state index is 0.0186. The molecule has 1 amide bonds. The number of rotatable bonds is 5. The highest BCUT2D eigenvalue weighted by Crippen LogP contribution is 2.24. The second-order valence-electron chi connectivity index (χ2n) is 3.70. The zero-order valence-corrected chi connectivity index (χ0v) is 11.2. The van der Waals surface area contributed by atoms with E-state index in [0.717, 1.165) is 0 Å². The molecule has 1 atom stereocenters. The third-order valence-corrected chi connectivity index (χ3v) is 2.88. The van der Waals surface area contributed by atoms with Crippen molar-refractivity contribution in [3.05, 3.63) is 29.3 Å². The monoisotopic (exact) mass is 255 g/mol. The molecule has 3 nitrogen and oxygen atoms in total. The van der Waals surface area contributed by atoms with Crippen LogP contribution in [0.4, 0.5) is 0 Å². The quantitative estimate of drug-likeness (QED) is 0.810. The van der Waals surface area contributed by atoms with Crippen LogP contribution in [0.25, 0.3) is 0 Å². The van der Waals surface area contributed by atoms with Gasteiger partial charge in [-0.3, -0.25) is 4.79 Å².